The van der Waals surface area contributed by atoms with Crippen molar-refractivity contribution in [2.24, 2.45) is 11.8 Å². The summed E-state index contributed by atoms with van der Waals surface area (Å²) in [5.74, 6) is 2.91. The standard InChI is InChI=1S/C31H30N2O3.C30H34N2O3.C28H30N2O3/c1-33(2)21-22-36-28-19-15-26(16-20-28)32-31(35)30(25-13-17-27(34)18-14-25)29(23-9-5-3-6-10-23)24-11-7-4-8-12-24;1-32(2)20-21-35-27-18-14-25(15-19-27)31-30(34)29(24-12-16-26(33)17-13-24)28(23-10-6-7-11-23)22-8-4-3-5-9-22;1-30(2)18-19-33-25-16-12-23(13-17-25)29-28(32)27(22-10-14-24(31)15-11-22)26(21-8-9-21)20-6-4-3-5-7-20/h3-20,34H,21-22H2,1-2H3,(H,32,35);3-5,8-9,12-19,23,33H,6-7,10-11,20-21H2,1-2H3,(H,31,34);3-7,10-17,21,31H,8-9,18-19H2,1-2H3,(H,29,32)/b;29-28-;27-26-. The number of aromatic hydroxyl groups is 3. The first-order valence-electron chi connectivity index (χ1n) is 35.4. The molecule has 10 aromatic rings. The highest BCUT2D eigenvalue weighted by Gasteiger charge is 2.33. The minimum absolute atomic E-state index is 0.143. The fourth-order valence-corrected chi connectivity index (χ4v) is 12.3. The largest absolute Gasteiger partial charge is 0.508 e. The Hall–Kier alpha value is -11.5. The SMILES string of the molecule is CN(C)CCOc1ccc(NC(=O)/C(=C(/c2ccccc2)C2CC2)c2ccc(O)cc2)cc1.CN(C)CCOc1ccc(NC(=O)/C(=C(/c2ccccc2)C2CCCC2)c2ccc(O)cc2)cc1.CN(C)CCOc1ccc(NC(=O)C(=C(c2ccccc2)c2ccccc2)c2ccc(O)cc2)cc1. The van der Waals surface area contributed by atoms with Gasteiger partial charge in [0, 0.05) is 42.3 Å². The molecule has 15 heteroatoms. The molecule has 0 spiro atoms. The molecule has 10 aromatic carbocycles. The Kier molecular flexibility index (Phi) is 27.4. The molecule has 0 aromatic heterocycles. The van der Waals surface area contributed by atoms with Crippen LogP contribution in [-0.4, -0.2) is 129 Å². The predicted molar refractivity (Wildman–Crippen MR) is 422 cm³/mol. The van der Waals surface area contributed by atoms with Gasteiger partial charge in [0.2, 0.25) is 0 Å². The third-order valence-corrected chi connectivity index (χ3v) is 17.7. The van der Waals surface area contributed by atoms with Gasteiger partial charge in [0.1, 0.15) is 54.3 Å². The van der Waals surface area contributed by atoms with Crippen LogP contribution in [-0.2, 0) is 14.4 Å². The van der Waals surface area contributed by atoms with Crippen LogP contribution in [0.15, 0.2) is 267 Å². The summed E-state index contributed by atoms with van der Waals surface area (Å²) in [6, 6.07) is 82.8. The van der Waals surface area contributed by atoms with Gasteiger partial charge in [-0.1, -0.05) is 171 Å². The van der Waals surface area contributed by atoms with Crippen LogP contribution < -0.4 is 30.2 Å². The molecule has 2 aliphatic rings. The van der Waals surface area contributed by atoms with Crippen molar-refractivity contribution in [3.8, 4) is 34.5 Å². The van der Waals surface area contributed by atoms with Gasteiger partial charge in [0.15, 0.2) is 0 Å². The maximum Gasteiger partial charge on any atom is 0.256 e. The van der Waals surface area contributed by atoms with Gasteiger partial charge in [-0.3, -0.25) is 14.4 Å². The van der Waals surface area contributed by atoms with E-state index in [9.17, 15) is 29.7 Å². The van der Waals surface area contributed by atoms with Crippen LogP contribution in [0.5, 0.6) is 34.5 Å². The first-order valence-corrected chi connectivity index (χ1v) is 35.4. The highest BCUT2D eigenvalue weighted by Crippen LogP contribution is 2.47. The van der Waals surface area contributed by atoms with Gasteiger partial charge < -0.3 is 60.2 Å². The summed E-state index contributed by atoms with van der Waals surface area (Å²) < 4.78 is 17.3. The summed E-state index contributed by atoms with van der Waals surface area (Å²) >= 11 is 0. The predicted octanol–water partition coefficient (Wildman–Crippen LogP) is 17.3. The molecule has 0 unspecified atom stereocenters. The molecule has 15 nitrogen and oxygen atoms in total. The number of nitrogens with zero attached hydrogens (tertiary/aromatic N) is 3. The Morgan fingerprint density at radius 1 is 0.317 bits per heavy atom. The topological polar surface area (TPSA) is 185 Å². The van der Waals surface area contributed by atoms with Crippen LogP contribution in [0.2, 0.25) is 0 Å². The number of likely N-dealkylation sites (N-methyl/N-ethyl adjacent to an activating group) is 3. The molecule has 534 valence electrons. The molecule has 2 aliphatic carbocycles. The molecule has 0 aliphatic heterocycles. The number of phenolic OH excluding ortho intramolecular Hbond substituents is 3. The maximum absolute atomic E-state index is 13.8. The van der Waals surface area contributed by atoms with E-state index >= 15 is 0 Å². The van der Waals surface area contributed by atoms with Crippen molar-refractivity contribution in [1.82, 2.24) is 14.7 Å². The van der Waals surface area contributed by atoms with Crippen LogP contribution >= 0.6 is 0 Å². The summed E-state index contributed by atoms with van der Waals surface area (Å²) in [5, 5.41) is 38.7. The third-order valence-electron chi connectivity index (χ3n) is 17.7. The van der Waals surface area contributed by atoms with Gasteiger partial charge in [0.25, 0.3) is 17.7 Å². The molecule has 0 radical (unpaired) electrons. The van der Waals surface area contributed by atoms with Crippen LogP contribution in [0, 0.1) is 11.8 Å². The average Bonchev–Trinajstić information content (AvgIpc) is 1.63. The van der Waals surface area contributed by atoms with Gasteiger partial charge in [0.05, 0.1) is 16.7 Å². The van der Waals surface area contributed by atoms with E-state index in [-0.39, 0.29) is 35.0 Å². The normalized spacial score (nSPS) is 13.0. The molecule has 12 rings (SSSR count). The van der Waals surface area contributed by atoms with Crippen LogP contribution in [0.25, 0.3) is 33.4 Å². The zero-order valence-corrected chi connectivity index (χ0v) is 60.2. The number of nitrogens with one attached hydrogen (secondary N) is 3. The van der Waals surface area contributed by atoms with E-state index in [1.165, 1.54) is 12.8 Å². The highest BCUT2D eigenvalue weighted by molar-refractivity contribution is 6.34. The first-order chi connectivity index (χ1) is 50.5. The third kappa shape index (κ3) is 22.3. The number of allylic oxidation sites excluding steroid dienone is 2. The van der Waals surface area contributed by atoms with Crippen molar-refractivity contribution in [2.75, 3.05) is 97.7 Å². The van der Waals surface area contributed by atoms with Crippen molar-refractivity contribution < 1.29 is 43.9 Å². The van der Waals surface area contributed by atoms with Gasteiger partial charge >= 0.3 is 0 Å². The van der Waals surface area contributed by atoms with Gasteiger partial charge in [-0.15, -0.1) is 0 Å². The second kappa shape index (κ2) is 38.0. The molecule has 6 N–H and O–H groups in total. The van der Waals surface area contributed by atoms with Crippen molar-refractivity contribution >= 4 is 68.2 Å². The van der Waals surface area contributed by atoms with E-state index in [2.05, 4.69) is 54.9 Å². The Morgan fingerprint density at radius 3 is 0.856 bits per heavy atom. The molecule has 2 fully saturated rings. The Balaban J connectivity index is 0.000000168. The zero-order chi connectivity index (χ0) is 73.2. The second-order valence-electron chi connectivity index (χ2n) is 26.6. The number of benzene rings is 10. The van der Waals surface area contributed by atoms with E-state index in [4.69, 9.17) is 14.2 Å². The number of carbonyl (C=O) groups is 3. The van der Waals surface area contributed by atoms with Gasteiger partial charge in [-0.2, -0.15) is 0 Å². The van der Waals surface area contributed by atoms with Crippen molar-refractivity contribution in [3.63, 3.8) is 0 Å². The number of amides is 3. The lowest BCUT2D eigenvalue weighted by molar-refractivity contribution is -0.111. The molecule has 0 bridgehead atoms. The number of hydrogen-bond acceptors (Lipinski definition) is 12. The summed E-state index contributed by atoms with van der Waals surface area (Å²) in [7, 11) is 12.0. The van der Waals surface area contributed by atoms with E-state index in [0.29, 0.717) is 71.0 Å². The van der Waals surface area contributed by atoms with Crippen molar-refractivity contribution in [1.29, 1.82) is 0 Å². The second-order valence-corrected chi connectivity index (χ2v) is 26.6. The number of rotatable bonds is 27. The fourth-order valence-electron chi connectivity index (χ4n) is 12.3. The number of ether oxygens (including phenoxy) is 3. The van der Waals surface area contributed by atoms with Crippen LogP contribution in [0.3, 0.4) is 0 Å². The van der Waals surface area contributed by atoms with E-state index < -0.39 is 0 Å². The van der Waals surface area contributed by atoms with Gasteiger partial charge in [-0.05, 0) is 239 Å². The average molecular weight is 1390 g/mol. The minimum Gasteiger partial charge on any atom is -0.508 e. The number of carbonyl (C=O) groups excluding carboxylic acids is 3. The summed E-state index contributed by atoms with van der Waals surface area (Å²) in [5.41, 5.74) is 13.1. The highest BCUT2D eigenvalue weighted by atomic mass is 16.5. The summed E-state index contributed by atoms with van der Waals surface area (Å²) in [6.45, 7) is 4.29. The number of anilines is 3. The summed E-state index contributed by atoms with van der Waals surface area (Å²) in [4.78, 5) is 47.5. The molecular formula is C89H94N6O9. The summed E-state index contributed by atoms with van der Waals surface area (Å²) in [6.07, 6.45) is 6.60. The Morgan fingerprint density at radius 2 is 0.577 bits per heavy atom. The van der Waals surface area contributed by atoms with E-state index in [1.807, 2.05) is 224 Å². The lowest BCUT2D eigenvalue weighted by Gasteiger charge is -2.21. The minimum atomic E-state index is -0.246. The molecule has 0 atom stereocenters. The van der Waals surface area contributed by atoms with Crippen molar-refractivity contribution in [2.45, 2.75) is 38.5 Å². The van der Waals surface area contributed by atoms with Crippen molar-refractivity contribution in [3.05, 3.63) is 306 Å². The molecule has 104 heavy (non-hydrogen) atoms. The molecular weight excluding hydrogens is 1300 g/mol. The monoisotopic (exact) mass is 1390 g/mol. The van der Waals surface area contributed by atoms with E-state index in [1.54, 1.807) is 60.7 Å². The Labute approximate surface area is 612 Å². The van der Waals surface area contributed by atoms with Gasteiger partial charge in [-0.25, -0.2) is 0 Å². The first kappa shape index (κ1) is 75.2. The maximum atomic E-state index is 13.8. The van der Waals surface area contributed by atoms with Crippen LogP contribution in [0.1, 0.15) is 77.5 Å². The van der Waals surface area contributed by atoms with Crippen LogP contribution in [0.4, 0.5) is 17.1 Å². The molecule has 2 saturated carbocycles. The molecule has 0 heterocycles. The zero-order valence-electron chi connectivity index (χ0n) is 60.2. The smallest absolute Gasteiger partial charge is 0.256 e. The lowest BCUT2D eigenvalue weighted by atomic mass is 9.84. The quantitative estimate of drug-likeness (QED) is 0.0212. The fraction of sp³-hybridized carbons (Fsp3) is 0.225. The Bertz CT molecular complexity index is 4400. The molecule has 3 amide bonds. The molecule has 0 saturated heterocycles. The number of hydrogen-bond donors (Lipinski definition) is 6. The lowest BCUT2D eigenvalue weighted by Crippen LogP contribution is -2.19. The number of phenols is 3. The van der Waals surface area contributed by atoms with E-state index in [0.717, 1.165) is 113 Å².